The van der Waals surface area contributed by atoms with E-state index in [0.717, 1.165) is 0 Å². The SMILES string of the molecule is COc1ccc([C@@H]2C[C@@H](C(F)(F)F)n3nc(C(=O)O)c(Br)c3N2)cc1. The molecule has 0 saturated carbocycles. The number of methoxy groups -OCH3 is 1. The molecular weight excluding hydrogens is 407 g/mol. The second-order valence-corrected chi connectivity index (χ2v) is 6.32. The molecule has 0 radical (unpaired) electrons. The van der Waals surface area contributed by atoms with Crippen molar-refractivity contribution in [2.45, 2.75) is 24.7 Å². The van der Waals surface area contributed by atoms with Crippen LogP contribution in [0, 0.1) is 0 Å². The highest BCUT2D eigenvalue weighted by molar-refractivity contribution is 9.10. The summed E-state index contributed by atoms with van der Waals surface area (Å²) in [4.78, 5) is 11.2. The van der Waals surface area contributed by atoms with Crippen molar-refractivity contribution in [3.63, 3.8) is 0 Å². The third kappa shape index (κ3) is 3.17. The van der Waals surface area contributed by atoms with E-state index in [1.165, 1.54) is 7.11 Å². The van der Waals surface area contributed by atoms with Crippen LogP contribution in [-0.4, -0.2) is 34.1 Å². The number of carboxylic acids is 1. The van der Waals surface area contributed by atoms with Gasteiger partial charge in [0, 0.05) is 6.42 Å². The highest BCUT2D eigenvalue weighted by Crippen LogP contribution is 2.46. The number of halogens is 4. The maximum absolute atomic E-state index is 13.5. The molecule has 2 atom stereocenters. The first-order valence-corrected chi connectivity index (χ1v) is 8.00. The molecule has 3 rings (SSSR count). The Morgan fingerprint density at radius 3 is 2.56 bits per heavy atom. The van der Waals surface area contributed by atoms with E-state index in [9.17, 15) is 18.0 Å². The first-order chi connectivity index (χ1) is 11.7. The number of fused-ring (bicyclic) bond motifs is 1. The van der Waals surface area contributed by atoms with E-state index in [-0.39, 0.29) is 16.7 Å². The zero-order valence-electron chi connectivity index (χ0n) is 12.8. The van der Waals surface area contributed by atoms with Crippen molar-refractivity contribution in [3.8, 4) is 5.75 Å². The Hall–Kier alpha value is -2.23. The first kappa shape index (κ1) is 17.6. The van der Waals surface area contributed by atoms with Crippen molar-refractivity contribution in [1.29, 1.82) is 0 Å². The maximum atomic E-state index is 13.5. The Kier molecular flexibility index (Phi) is 4.40. The lowest BCUT2D eigenvalue weighted by Gasteiger charge is -2.33. The van der Waals surface area contributed by atoms with E-state index in [2.05, 4.69) is 26.3 Å². The summed E-state index contributed by atoms with van der Waals surface area (Å²) in [6.45, 7) is 0. The monoisotopic (exact) mass is 419 g/mol. The smallest absolute Gasteiger partial charge is 0.410 e. The molecule has 0 aliphatic carbocycles. The number of nitrogens with one attached hydrogen (secondary N) is 1. The van der Waals surface area contributed by atoms with E-state index in [0.29, 0.717) is 16.0 Å². The summed E-state index contributed by atoms with van der Waals surface area (Å²) in [5.41, 5.74) is 0.165. The van der Waals surface area contributed by atoms with Gasteiger partial charge >= 0.3 is 12.1 Å². The number of aromatic carboxylic acids is 1. The van der Waals surface area contributed by atoms with Gasteiger partial charge in [0.2, 0.25) is 0 Å². The number of benzene rings is 1. The quantitative estimate of drug-likeness (QED) is 0.785. The predicted octanol–water partition coefficient (Wildman–Crippen LogP) is 4.01. The Labute approximate surface area is 148 Å². The zero-order chi connectivity index (χ0) is 18.4. The lowest BCUT2D eigenvalue weighted by Crippen LogP contribution is -2.35. The lowest BCUT2D eigenvalue weighted by atomic mass is 9.97. The molecular formula is C15H13BrF3N3O3. The van der Waals surface area contributed by atoms with Crippen LogP contribution >= 0.6 is 15.9 Å². The van der Waals surface area contributed by atoms with Crippen molar-refractivity contribution >= 4 is 27.7 Å². The molecule has 0 bridgehead atoms. The number of rotatable bonds is 3. The van der Waals surface area contributed by atoms with Gasteiger partial charge in [-0.3, -0.25) is 0 Å². The second-order valence-electron chi connectivity index (χ2n) is 5.52. The van der Waals surface area contributed by atoms with Crippen LogP contribution in [0.4, 0.5) is 19.0 Å². The fourth-order valence-electron chi connectivity index (χ4n) is 2.78. The van der Waals surface area contributed by atoms with Gasteiger partial charge in [0.25, 0.3) is 0 Å². The summed E-state index contributed by atoms with van der Waals surface area (Å²) in [6, 6.07) is 4.07. The van der Waals surface area contributed by atoms with Gasteiger partial charge in [0.05, 0.1) is 17.6 Å². The third-order valence-electron chi connectivity index (χ3n) is 4.02. The Morgan fingerprint density at radius 2 is 2.04 bits per heavy atom. The van der Waals surface area contributed by atoms with Gasteiger partial charge in [-0.05, 0) is 33.6 Å². The molecule has 25 heavy (non-hydrogen) atoms. The molecule has 0 unspecified atom stereocenters. The molecule has 0 saturated heterocycles. The lowest BCUT2D eigenvalue weighted by molar-refractivity contribution is -0.173. The van der Waals surface area contributed by atoms with E-state index in [4.69, 9.17) is 9.84 Å². The van der Waals surface area contributed by atoms with Crippen LogP contribution in [0.5, 0.6) is 5.75 Å². The Morgan fingerprint density at radius 1 is 1.40 bits per heavy atom. The normalized spacial score (nSPS) is 19.9. The van der Waals surface area contributed by atoms with Crippen LogP contribution in [-0.2, 0) is 0 Å². The zero-order valence-corrected chi connectivity index (χ0v) is 14.4. The van der Waals surface area contributed by atoms with Gasteiger partial charge in [-0.2, -0.15) is 18.3 Å². The number of nitrogens with zero attached hydrogens (tertiary/aromatic N) is 2. The average molecular weight is 420 g/mol. The number of carboxylic acid groups (broad SMARTS) is 1. The number of carbonyl (C=O) groups is 1. The molecule has 2 N–H and O–H groups in total. The summed E-state index contributed by atoms with van der Waals surface area (Å²) in [6.07, 6.45) is -4.88. The fraction of sp³-hybridized carbons (Fsp3) is 0.333. The largest absolute Gasteiger partial charge is 0.497 e. The Bertz CT molecular complexity index is 805. The van der Waals surface area contributed by atoms with E-state index in [1.54, 1.807) is 24.3 Å². The number of ether oxygens (including phenoxy) is 1. The van der Waals surface area contributed by atoms with E-state index < -0.39 is 29.9 Å². The summed E-state index contributed by atoms with van der Waals surface area (Å²) in [7, 11) is 1.50. The number of anilines is 1. The topological polar surface area (TPSA) is 76.4 Å². The number of aromatic nitrogens is 2. The first-order valence-electron chi connectivity index (χ1n) is 7.21. The fourth-order valence-corrected chi connectivity index (χ4v) is 3.33. The third-order valence-corrected chi connectivity index (χ3v) is 4.77. The van der Waals surface area contributed by atoms with Crippen molar-refractivity contribution in [1.82, 2.24) is 9.78 Å². The summed E-state index contributed by atoms with van der Waals surface area (Å²) >= 11 is 3.04. The minimum absolute atomic E-state index is 0.00698. The molecule has 0 amide bonds. The Balaban J connectivity index is 2.04. The van der Waals surface area contributed by atoms with Gasteiger partial charge < -0.3 is 15.2 Å². The van der Waals surface area contributed by atoms with Crippen LogP contribution < -0.4 is 10.1 Å². The van der Waals surface area contributed by atoms with Gasteiger partial charge in [-0.25, -0.2) is 9.48 Å². The van der Waals surface area contributed by atoms with Crippen LogP contribution in [0.25, 0.3) is 0 Å². The van der Waals surface area contributed by atoms with Gasteiger partial charge in [0.1, 0.15) is 11.6 Å². The molecule has 2 aromatic rings. The molecule has 0 spiro atoms. The van der Waals surface area contributed by atoms with Crippen LogP contribution in [0.1, 0.15) is 34.6 Å². The van der Waals surface area contributed by atoms with Crippen molar-refractivity contribution in [2.75, 3.05) is 12.4 Å². The van der Waals surface area contributed by atoms with Crippen molar-refractivity contribution in [3.05, 3.63) is 40.0 Å². The van der Waals surface area contributed by atoms with Crippen LogP contribution in [0.3, 0.4) is 0 Å². The average Bonchev–Trinajstić information content (AvgIpc) is 2.90. The predicted molar refractivity (Wildman–Crippen MR) is 86.0 cm³/mol. The molecule has 2 heterocycles. The minimum Gasteiger partial charge on any atom is -0.497 e. The molecule has 1 aliphatic rings. The van der Waals surface area contributed by atoms with Crippen LogP contribution in [0.15, 0.2) is 28.7 Å². The highest BCUT2D eigenvalue weighted by atomic mass is 79.9. The van der Waals surface area contributed by atoms with Gasteiger partial charge in [-0.15, -0.1) is 0 Å². The van der Waals surface area contributed by atoms with Crippen LogP contribution in [0.2, 0.25) is 0 Å². The molecule has 1 aromatic heterocycles. The number of hydrogen-bond acceptors (Lipinski definition) is 4. The standard InChI is InChI=1S/C15H13BrF3N3O3/c1-25-8-4-2-7(3-5-8)9-6-10(15(17,18)19)22-13(20-9)11(16)12(21-22)14(23)24/h2-5,9-10,20H,6H2,1H3,(H,23,24)/t9-,10-/m0/s1. The second kappa shape index (κ2) is 6.25. The summed E-state index contributed by atoms with van der Waals surface area (Å²) in [5, 5.41) is 15.7. The molecule has 0 fully saturated rings. The molecule has 10 heteroatoms. The highest BCUT2D eigenvalue weighted by Gasteiger charge is 2.47. The van der Waals surface area contributed by atoms with E-state index >= 15 is 0 Å². The van der Waals surface area contributed by atoms with Gasteiger partial charge in [-0.1, -0.05) is 12.1 Å². The summed E-state index contributed by atoms with van der Waals surface area (Å²) in [5.74, 6) is -0.824. The molecule has 1 aromatic carbocycles. The summed E-state index contributed by atoms with van der Waals surface area (Å²) < 4.78 is 46.2. The molecule has 1 aliphatic heterocycles. The number of hydrogen-bond donors (Lipinski definition) is 2. The van der Waals surface area contributed by atoms with Crippen molar-refractivity contribution in [2.24, 2.45) is 0 Å². The number of alkyl halides is 3. The molecule has 6 nitrogen and oxygen atoms in total. The molecule has 134 valence electrons. The van der Waals surface area contributed by atoms with Gasteiger partial charge in [0.15, 0.2) is 11.7 Å². The van der Waals surface area contributed by atoms with Crippen molar-refractivity contribution < 1.29 is 27.8 Å². The minimum atomic E-state index is -4.57. The maximum Gasteiger partial charge on any atom is 0.410 e. The van der Waals surface area contributed by atoms with E-state index in [1.807, 2.05) is 0 Å².